The molecule has 0 atom stereocenters. The van der Waals surface area contributed by atoms with Crippen molar-refractivity contribution in [1.82, 2.24) is 29.5 Å². The van der Waals surface area contributed by atoms with Gasteiger partial charge in [0.25, 0.3) is 0 Å². The largest absolute Gasteiger partial charge is 0.478 e. The highest BCUT2D eigenvalue weighted by Gasteiger charge is 2.31. The maximum Gasteiger partial charge on any atom is 0.328 e. The maximum atomic E-state index is 15.2. The average Bonchev–Trinajstić information content (AvgIpc) is 3.64. The Morgan fingerprint density at radius 1 is 0.730 bits per heavy atom. The van der Waals surface area contributed by atoms with Crippen molar-refractivity contribution < 1.29 is 63.8 Å². The lowest BCUT2D eigenvalue weighted by atomic mass is 9.90. The molecule has 9 N–H and O–H groups in total. The zero-order valence-electron chi connectivity index (χ0n) is 33.8. The molecule has 6 rings (SSSR count). The summed E-state index contributed by atoms with van der Waals surface area (Å²) in [6.07, 6.45) is 9.18. The van der Waals surface area contributed by atoms with Crippen LogP contribution in [0.4, 0.5) is 15.9 Å². The molecule has 336 valence electrons. The summed E-state index contributed by atoms with van der Waals surface area (Å²) in [5.41, 5.74) is 9.86. The van der Waals surface area contributed by atoms with E-state index in [2.05, 4.69) is 48.1 Å². The number of aliphatic carboxylic acids is 6. The van der Waals surface area contributed by atoms with Gasteiger partial charge in [0, 0.05) is 85.3 Å². The second-order valence-electron chi connectivity index (χ2n) is 13.8. The number of hydrogen-bond acceptors (Lipinski definition) is 13. The Hall–Kier alpha value is -7.04. The van der Waals surface area contributed by atoms with Crippen LogP contribution in [0.25, 0.3) is 22.3 Å². The SMILES string of the molecule is CN1CCN(C2CCC(n3nc(-c4ccc(NCc5ccc(Br)cc5)c(F)c4)c4c(N)ncnc43)CC2)CC1.O=C(O)/C=C\C(=O)O.O=C(O)/C=C\C(=O)O.O=C(O)/C=C\C(=O)O. The van der Waals surface area contributed by atoms with Gasteiger partial charge < -0.3 is 46.6 Å². The maximum absolute atomic E-state index is 15.2. The van der Waals surface area contributed by atoms with Gasteiger partial charge in [0.1, 0.15) is 23.7 Å². The Morgan fingerprint density at radius 2 is 1.21 bits per heavy atom. The highest BCUT2D eigenvalue weighted by Crippen LogP contribution is 2.37. The molecule has 2 fully saturated rings. The Labute approximate surface area is 367 Å². The van der Waals surface area contributed by atoms with E-state index >= 15 is 4.39 Å². The third kappa shape index (κ3) is 17.5. The molecule has 0 bridgehead atoms. The zero-order chi connectivity index (χ0) is 46.6. The van der Waals surface area contributed by atoms with Crippen LogP contribution >= 0.6 is 15.9 Å². The fourth-order valence-corrected chi connectivity index (χ4v) is 6.60. The molecule has 1 aliphatic carbocycles. The van der Waals surface area contributed by atoms with Crippen LogP contribution < -0.4 is 11.1 Å². The molecule has 20 nitrogen and oxygen atoms in total. The Balaban J connectivity index is 0.000000360. The number of fused-ring (bicyclic) bond motifs is 1. The second-order valence-corrected chi connectivity index (χ2v) is 14.7. The van der Waals surface area contributed by atoms with Gasteiger partial charge in [-0.2, -0.15) is 5.10 Å². The van der Waals surface area contributed by atoms with Gasteiger partial charge in [0.05, 0.1) is 17.1 Å². The summed E-state index contributed by atoms with van der Waals surface area (Å²) in [5, 5.41) is 55.7. The van der Waals surface area contributed by atoms with Gasteiger partial charge in [-0.15, -0.1) is 0 Å². The molecule has 63 heavy (non-hydrogen) atoms. The molecule has 1 saturated heterocycles. The van der Waals surface area contributed by atoms with E-state index < -0.39 is 35.8 Å². The molecule has 1 saturated carbocycles. The number of piperazine rings is 1. The van der Waals surface area contributed by atoms with Crippen molar-refractivity contribution in [1.29, 1.82) is 0 Å². The van der Waals surface area contributed by atoms with Crippen LogP contribution in [0.1, 0.15) is 37.3 Å². The minimum absolute atomic E-state index is 0.232. The van der Waals surface area contributed by atoms with Crippen LogP contribution in [0.15, 0.2) is 89.7 Å². The second kappa shape index (κ2) is 25.0. The predicted octanol–water partition coefficient (Wildman–Crippen LogP) is 4.46. The van der Waals surface area contributed by atoms with E-state index in [1.54, 1.807) is 6.07 Å². The van der Waals surface area contributed by atoms with Gasteiger partial charge in [0.15, 0.2) is 5.65 Å². The van der Waals surface area contributed by atoms with E-state index in [-0.39, 0.29) is 11.9 Å². The van der Waals surface area contributed by atoms with Crippen molar-refractivity contribution in [3.63, 3.8) is 0 Å². The van der Waals surface area contributed by atoms with Crippen molar-refractivity contribution in [2.45, 2.75) is 44.3 Å². The molecule has 2 aliphatic rings. The standard InChI is InChI=1S/C29H34BrFN8.3C4H4O4/c1-37-12-14-38(15-13-37)22-7-9-23(10-8-22)39-29-26(28(32)34-18-35-29)27(36-39)20-4-11-25(24(31)16-20)33-17-19-2-5-21(30)6-3-19;3*5-3(6)1-2-4(7)8/h2-6,11,16,18,22-23,33H,7-10,12-15,17H2,1H3,(H2,32,34,35);3*1-2H,(H,5,6)(H,7,8)/b;3*2-1-. The smallest absolute Gasteiger partial charge is 0.328 e. The van der Waals surface area contributed by atoms with E-state index in [1.165, 1.54) is 12.4 Å². The van der Waals surface area contributed by atoms with E-state index in [4.69, 9.17) is 41.5 Å². The normalized spacial score (nSPS) is 16.6. The highest BCUT2D eigenvalue weighted by molar-refractivity contribution is 9.10. The molecule has 4 aromatic rings. The number of nitrogens with one attached hydrogen (secondary N) is 1. The van der Waals surface area contributed by atoms with Crippen LogP contribution in [-0.2, 0) is 35.3 Å². The number of carboxylic acid groups (broad SMARTS) is 6. The van der Waals surface area contributed by atoms with Gasteiger partial charge in [-0.3, -0.25) is 4.90 Å². The van der Waals surface area contributed by atoms with Crippen molar-refractivity contribution in [3.05, 3.63) is 101 Å². The fourth-order valence-electron chi connectivity index (χ4n) is 6.34. The van der Waals surface area contributed by atoms with Crippen LogP contribution in [0.5, 0.6) is 0 Å². The van der Waals surface area contributed by atoms with Crippen LogP contribution in [0.3, 0.4) is 0 Å². The molecule has 0 radical (unpaired) electrons. The number of hydrogen-bond donors (Lipinski definition) is 8. The lowest BCUT2D eigenvalue weighted by Gasteiger charge is -2.41. The van der Waals surface area contributed by atoms with Crippen molar-refractivity contribution >= 4 is 74.3 Å². The lowest BCUT2D eigenvalue weighted by molar-refractivity contribution is -0.134. The molecule has 2 aromatic heterocycles. The molecule has 22 heteroatoms. The number of likely N-dealkylation sites (N-methyl/N-ethyl adjacent to an activating group) is 1. The van der Waals surface area contributed by atoms with Gasteiger partial charge in [-0.25, -0.2) is 47.8 Å². The first-order valence-electron chi connectivity index (χ1n) is 19.0. The molecular weight excluding hydrogens is 895 g/mol. The van der Waals surface area contributed by atoms with Crippen molar-refractivity contribution in [2.75, 3.05) is 44.3 Å². The number of aromatic nitrogens is 4. The summed E-state index contributed by atoms with van der Waals surface area (Å²) in [5.74, 6) is -7.51. The number of nitrogens with zero attached hydrogens (tertiary/aromatic N) is 6. The first-order chi connectivity index (χ1) is 29.8. The molecule has 2 aromatic carbocycles. The first kappa shape index (κ1) is 50.3. The third-order valence-electron chi connectivity index (χ3n) is 9.33. The van der Waals surface area contributed by atoms with Gasteiger partial charge in [-0.1, -0.05) is 34.1 Å². The van der Waals surface area contributed by atoms with E-state index in [0.717, 1.165) is 67.5 Å². The molecule has 0 unspecified atom stereocenters. The topological polar surface area (TPSA) is 312 Å². The number of carbonyl (C=O) groups is 6. The van der Waals surface area contributed by atoms with Crippen LogP contribution in [-0.4, -0.2) is 135 Å². The van der Waals surface area contributed by atoms with Gasteiger partial charge in [-0.05, 0) is 62.6 Å². The summed E-state index contributed by atoms with van der Waals surface area (Å²) >= 11 is 3.44. The van der Waals surface area contributed by atoms with Crippen LogP contribution in [0, 0.1) is 5.82 Å². The van der Waals surface area contributed by atoms with E-state index in [0.29, 0.717) is 77.2 Å². The highest BCUT2D eigenvalue weighted by atomic mass is 79.9. The molecule has 3 heterocycles. The Kier molecular flexibility index (Phi) is 20.0. The number of nitrogen functional groups attached to an aromatic ring is 1. The Bertz CT molecular complexity index is 2190. The minimum atomic E-state index is -1.26. The molecule has 1 aliphatic heterocycles. The number of rotatable bonds is 12. The number of halogens is 2. The number of benzene rings is 2. The summed E-state index contributed by atoms with van der Waals surface area (Å²) in [6, 6.07) is 14.0. The first-order valence-corrected chi connectivity index (χ1v) is 19.7. The molecular formula is C41H46BrFN8O12. The van der Waals surface area contributed by atoms with Crippen molar-refractivity contribution in [2.24, 2.45) is 0 Å². The fraction of sp³-hybridized carbons (Fsp3) is 0.293. The third-order valence-corrected chi connectivity index (χ3v) is 9.86. The summed E-state index contributed by atoms with van der Waals surface area (Å²) in [4.78, 5) is 71.2. The Morgan fingerprint density at radius 3 is 1.67 bits per heavy atom. The number of anilines is 2. The predicted molar refractivity (Wildman–Crippen MR) is 230 cm³/mol. The summed E-state index contributed by atoms with van der Waals surface area (Å²) in [6.45, 7) is 5.09. The summed E-state index contributed by atoms with van der Waals surface area (Å²) < 4.78 is 18.3. The van der Waals surface area contributed by atoms with Gasteiger partial charge >= 0.3 is 35.8 Å². The average molecular weight is 942 g/mol. The quantitative estimate of drug-likeness (QED) is 0.0909. The lowest BCUT2D eigenvalue weighted by Crippen LogP contribution is -2.49. The van der Waals surface area contributed by atoms with E-state index in [9.17, 15) is 28.8 Å². The molecule has 0 spiro atoms. The van der Waals surface area contributed by atoms with E-state index in [1.807, 2.05) is 35.0 Å². The van der Waals surface area contributed by atoms with Crippen LogP contribution in [0.2, 0.25) is 0 Å². The zero-order valence-corrected chi connectivity index (χ0v) is 35.3. The number of carboxylic acids is 6. The number of nitrogens with two attached hydrogens (primary N) is 1. The van der Waals surface area contributed by atoms with Crippen molar-refractivity contribution in [3.8, 4) is 11.3 Å². The molecule has 0 amide bonds. The summed E-state index contributed by atoms with van der Waals surface area (Å²) in [7, 11) is 2.20. The monoisotopic (exact) mass is 940 g/mol. The minimum Gasteiger partial charge on any atom is -0.478 e. The van der Waals surface area contributed by atoms with Gasteiger partial charge in [0.2, 0.25) is 0 Å².